The van der Waals surface area contributed by atoms with Crippen LogP contribution < -0.4 is 9.47 Å². The standard InChI is InChI=1S/C30H30O10/c31-12-13-38-29-20(39-30-28(37)27(36)26(35)21(15-32)40-30)14-17(11-10-16-6-2-1-3-7-16)22-23(29)25(34)19-9-5-4-8-18(19)24(22)33/h1-9,14,21,26-28,30-32,35-37H,10-13,15H2/t21-,26-,27+,28-,30+/m0/s1. The van der Waals surface area contributed by atoms with Crippen LogP contribution in [0.25, 0.3) is 0 Å². The minimum absolute atomic E-state index is 0.0395. The average molecular weight is 551 g/mol. The lowest BCUT2D eigenvalue weighted by Crippen LogP contribution is -2.60. The number of aryl methyl sites for hydroxylation is 2. The SMILES string of the molecule is O=C1c2ccccc2C(=O)c2c(OCCO)c(O[C@@H]3O[C@@H](CO)[C@H](O)[C@@H](O)[C@@H]3O)cc(CCc3ccccc3)c21. The zero-order valence-corrected chi connectivity index (χ0v) is 21.5. The summed E-state index contributed by atoms with van der Waals surface area (Å²) in [5.41, 5.74) is 2.06. The zero-order valence-electron chi connectivity index (χ0n) is 21.5. The van der Waals surface area contributed by atoms with Gasteiger partial charge in [-0.25, -0.2) is 0 Å². The van der Waals surface area contributed by atoms with Crippen LogP contribution in [0.4, 0.5) is 0 Å². The highest BCUT2D eigenvalue weighted by molar-refractivity contribution is 6.30. The van der Waals surface area contributed by atoms with Gasteiger partial charge in [-0.2, -0.15) is 0 Å². The highest BCUT2D eigenvalue weighted by Gasteiger charge is 2.45. The number of aliphatic hydroxyl groups is 5. The Bertz CT molecular complexity index is 1390. The Morgan fingerprint density at radius 3 is 2.08 bits per heavy atom. The maximum absolute atomic E-state index is 13.8. The van der Waals surface area contributed by atoms with Crippen LogP contribution in [0.5, 0.6) is 11.5 Å². The van der Waals surface area contributed by atoms with E-state index in [1.54, 1.807) is 24.3 Å². The molecule has 10 heteroatoms. The second kappa shape index (κ2) is 11.8. The van der Waals surface area contributed by atoms with Crippen molar-refractivity contribution in [3.63, 3.8) is 0 Å². The summed E-state index contributed by atoms with van der Waals surface area (Å²) in [5.74, 6) is -1.03. The molecule has 0 aromatic heterocycles. The highest BCUT2D eigenvalue weighted by atomic mass is 16.7. The van der Waals surface area contributed by atoms with Crippen molar-refractivity contribution in [3.05, 3.63) is 94.0 Å². The van der Waals surface area contributed by atoms with Crippen molar-refractivity contribution in [2.45, 2.75) is 43.5 Å². The van der Waals surface area contributed by atoms with E-state index in [9.17, 15) is 35.1 Å². The van der Waals surface area contributed by atoms with E-state index in [4.69, 9.17) is 14.2 Å². The summed E-state index contributed by atoms with van der Waals surface area (Å²) in [7, 11) is 0. The largest absolute Gasteiger partial charge is 0.486 e. The van der Waals surface area contributed by atoms with Gasteiger partial charge >= 0.3 is 0 Å². The van der Waals surface area contributed by atoms with E-state index in [1.807, 2.05) is 30.3 Å². The van der Waals surface area contributed by atoms with Gasteiger partial charge in [-0.1, -0.05) is 54.6 Å². The van der Waals surface area contributed by atoms with Gasteiger partial charge in [0.05, 0.1) is 18.8 Å². The summed E-state index contributed by atoms with van der Waals surface area (Å²) in [5, 5.41) is 50.1. The highest BCUT2D eigenvalue weighted by Crippen LogP contribution is 2.43. The van der Waals surface area contributed by atoms with Gasteiger partial charge in [-0.3, -0.25) is 9.59 Å². The van der Waals surface area contributed by atoms with Crippen molar-refractivity contribution in [2.24, 2.45) is 0 Å². The van der Waals surface area contributed by atoms with Crippen LogP contribution in [0.3, 0.4) is 0 Å². The molecule has 5 N–H and O–H groups in total. The predicted molar refractivity (Wildman–Crippen MR) is 141 cm³/mol. The number of ketones is 2. The number of benzene rings is 3. The fourth-order valence-corrected chi connectivity index (χ4v) is 5.11. The lowest BCUT2D eigenvalue weighted by atomic mass is 9.80. The number of carbonyl (C=O) groups excluding carboxylic acids is 2. The molecule has 210 valence electrons. The van der Waals surface area contributed by atoms with E-state index in [0.29, 0.717) is 18.4 Å². The molecule has 5 rings (SSSR count). The average Bonchev–Trinajstić information content (AvgIpc) is 2.98. The summed E-state index contributed by atoms with van der Waals surface area (Å²) in [6.07, 6.45) is -6.91. The van der Waals surface area contributed by atoms with Gasteiger partial charge in [0.15, 0.2) is 23.1 Å². The van der Waals surface area contributed by atoms with Gasteiger partial charge < -0.3 is 39.7 Å². The molecular weight excluding hydrogens is 520 g/mol. The van der Waals surface area contributed by atoms with E-state index in [2.05, 4.69) is 0 Å². The Balaban J connectivity index is 1.64. The zero-order chi connectivity index (χ0) is 28.4. The Hall–Kier alpha value is -3.64. The minimum Gasteiger partial charge on any atom is -0.486 e. The molecular formula is C30H30O10. The van der Waals surface area contributed by atoms with Crippen LogP contribution in [0.1, 0.15) is 43.0 Å². The molecule has 5 atom stereocenters. The van der Waals surface area contributed by atoms with Crippen molar-refractivity contribution in [1.29, 1.82) is 0 Å². The van der Waals surface area contributed by atoms with Crippen molar-refractivity contribution in [3.8, 4) is 11.5 Å². The van der Waals surface area contributed by atoms with Crippen LogP contribution in [0, 0.1) is 0 Å². The number of aliphatic hydroxyl groups excluding tert-OH is 5. The van der Waals surface area contributed by atoms with Crippen molar-refractivity contribution in [1.82, 2.24) is 0 Å². The first-order valence-corrected chi connectivity index (χ1v) is 13.0. The molecule has 0 bridgehead atoms. The van der Waals surface area contributed by atoms with E-state index in [-0.39, 0.29) is 46.1 Å². The molecule has 0 saturated carbocycles. The van der Waals surface area contributed by atoms with E-state index in [0.717, 1.165) is 5.56 Å². The number of hydrogen-bond donors (Lipinski definition) is 5. The Morgan fingerprint density at radius 1 is 0.775 bits per heavy atom. The first-order valence-electron chi connectivity index (χ1n) is 13.0. The normalized spacial score (nSPS) is 23.9. The second-order valence-electron chi connectivity index (χ2n) is 9.69. The smallest absolute Gasteiger partial charge is 0.229 e. The molecule has 1 saturated heterocycles. The summed E-state index contributed by atoms with van der Waals surface area (Å²) >= 11 is 0. The molecule has 1 aliphatic carbocycles. The van der Waals surface area contributed by atoms with Crippen LogP contribution in [-0.4, -0.2) is 87.6 Å². The summed E-state index contributed by atoms with van der Waals surface area (Å²) in [6.45, 7) is -1.29. The first kappa shape index (κ1) is 27.9. The molecule has 1 heterocycles. The molecule has 2 aliphatic rings. The lowest BCUT2D eigenvalue weighted by Gasteiger charge is -2.39. The van der Waals surface area contributed by atoms with E-state index in [1.165, 1.54) is 6.07 Å². The quantitative estimate of drug-likeness (QED) is 0.201. The molecule has 3 aromatic carbocycles. The topological polar surface area (TPSA) is 163 Å². The number of ether oxygens (including phenoxy) is 3. The predicted octanol–water partition coefficient (Wildman–Crippen LogP) is 0.797. The van der Waals surface area contributed by atoms with E-state index >= 15 is 0 Å². The van der Waals surface area contributed by atoms with Gasteiger partial charge in [-0.15, -0.1) is 0 Å². The van der Waals surface area contributed by atoms with Crippen LogP contribution in [-0.2, 0) is 17.6 Å². The maximum Gasteiger partial charge on any atom is 0.229 e. The number of rotatable bonds is 9. The summed E-state index contributed by atoms with van der Waals surface area (Å²) < 4.78 is 17.2. The van der Waals surface area contributed by atoms with Crippen molar-refractivity contribution >= 4 is 11.6 Å². The fourth-order valence-electron chi connectivity index (χ4n) is 5.11. The molecule has 0 unspecified atom stereocenters. The van der Waals surface area contributed by atoms with Gasteiger partial charge in [-0.05, 0) is 30.0 Å². The molecule has 0 spiro atoms. The van der Waals surface area contributed by atoms with Gasteiger partial charge in [0.25, 0.3) is 0 Å². The second-order valence-corrected chi connectivity index (χ2v) is 9.69. The molecule has 40 heavy (non-hydrogen) atoms. The van der Waals surface area contributed by atoms with Gasteiger partial charge in [0.2, 0.25) is 6.29 Å². The number of hydrogen-bond acceptors (Lipinski definition) is 10. The minimum atomic E-state index is -1.72. The van der Waals surface area contributed by atoms with Gasteiger partial charge in [0.1, 0.15) is 31.0 Å². The molecule has 10 nitrogen and oxygen atoms in total. The van der Waals surface area contributed by atoms with Gasteiger partial charge in [0, 0.05) is 16.7 Å². The fraction of sp³-hybridized carbons (Fsp3) is 0.333. The summed E-state index contributed by atoms with van der Waals surface area (Å²) in [6, 6.07) is 17.6. The van der Waals surface area contributed by atoms with Crippen LogP contribution >= 0.6 is 0 Å². The third-order valence-corrected chi connectivity index (χ3v) is 7.15. The third-order valence-electron chi connectivity index (χ3n) is 7.15. The molecule has 1 fully saturated rings. The van der Waals surface area contributed by atoms with Crippen LogP contribution in [0.15, 0.2) is 60.7 Å². The maximum atomic E-state index is 13.8. The Morgan fingerprint density at radius 2 is 1.43 bits per heavy atom. The lowest BCUT2D eigenvalue weighted by molar-refractivity contribution is -0.277. The molecule has 3 aromatic rings. The van der Waals surface area contributed by atoms with Crippen molar-refractivity contribution < 1.29 is 49.3 Å². The molecule has 1 aliphatic heterocycles. The Kier molecular flexibility index (Phi) is 8.27. The number of carbonyl (C=O) groups is 2. The third kappa shape index (κ3) is 5.13. The van der Waals surface area contributed by atoms with Crippen molar-refractivity contribution in [2.75, 3.05) is 19.8 Å². The monoisotopic (exact) mass is 550 g/mol. The van der Waals surface area contributed by atoms with E-state index < -0.39 is 49.7 Å². The first-order chi connectivity index (χ1) is 19.3. The number of fused-ring (bicyclic) bond motifs is 2. The Labute approximate surface area is 230 Å². The molecule has 0 amide bonds. The summed E-state index contributed by atoms with van der Waals surface area (Å²) in [4.78, 5) is 27.6. The van der Waals surface area contributed by atoms with Crippen LogP contribution in [0.2, 0.25) is 0 Å². The molecule has 0 radical (unpaired) electrons.